The van der Waals surface area contributed by atoms with Gasteiger partial charge in [-0.25, -0.2) is 0 Å². The smallest absolute Gasteiger partial charge is 0.378 e. The summed E-state index contributed by atoms with van der Waals surface area (Å²) in [6.45, 7) is 7.23. The van der Waals surface area contributed by atoms with Crippen LogP contribution in [0, 0.1) is 11.8 Å². The second-order valence-electron chi connectivity index (χ2n) is 10.4. The summed E-state index contributed by atoms with van der Waals surface area (Å²) in [7, 11) is 0. The van der Waals surface area contributed by atoms with Crippen LogP contribution >= 0.6 is 0 Å². The molecule has 204 valence electrons. The van der Waals surface area contributed by atoms with Crippen LogP contribution < -0.4 is 0 Å². The normalized spacial score (nSPS) is 26.7. The van der Waals surface area contributed by atoms with Crippen molar-refractivity contribution >= 4 is 0 Å². The first-order chi connectivity index (χ1) is 17.4. The highest BCUT2D eigenvalue weighted by atomic mass is 19.4. The molecule has 9 heteroatoms. The minimum atomic E-state index is -4.91. The molecule has 2 aliphatic rings. The van der Waals surface area contributed by atoms with Crippen LogP contribution in [0.3, 0.4) is 0 Å². The van der Waals surface area contributed by atoms with E-state index in [0.29, 0.717) is 12.5 Å². The molecule has 37 heavy (non-hydrogen) atoms. The molecule has 2 aromatic rings. The fourth-order valence-electron chi connectivity index (χ4n) is 5.64. The Labute approximate surface area is 213 Å². The van der Waals surface area contributed by atoms with Crippen LogP contribution in [0.4, 0.5) is 26.3 Å². The van der Waals surface area contributed by atoms with Crippen molar-refractivity contribution < 1.29 is 35.8 Å². The number of benzene rings is 2. The number of alkyl halides is 6. The third kappa shape index (κ3) is 7.06. The van der Waals surface area contributed by atoms with Gasteiger partial charge in [-0.3, -0.25) is 0 Å². The van der Waals surface area contributed by atoms with E-state index in [1.54, 1.807) is 0 Å². The minimum Gasteiger partial charge on any atom is -0.378 e. The van der Waals surface area contributed by atoms with Gasteiger partial charge >= 0.3 is 12.4 Å². The van der Waals surface area contributed by atoms with Gasteiger partial charge in [-0.05, 0) is 61.6 Å². The van der Waals surface area contributed by atoms with E-state index in [1.165, 1.54) is 13.3 Å². The summed E-state index contributed by atoms with van der Waals surface area (Å²) in [4.78, 5) is 2.42. The van der Waals surface area contributed by atoms with Crippen LogP contribution in [0.2, 0.25) is 0 Å². The summed E-state index contributed by atoms with van der Waals surface area (Å²) in [5.41, 5.74) is -1.83. The van der Waals surface area contributed by atoms with Crippen molar-refractivity contribution in [3.63, 3.8) is 0 Å². The number of hydrogen-bond acceptors (Lipinski definition) is 3. The molecule has 2 fully saturated rings. The lowest BCUT2D eigenvalue weighted by atomic mass is 9.80. The van der Waals surface area contributed by atoms with E-state index >= 15 is 0 Å². The third-order valence-electron chi connectivity index (χ3n) is 7.40. The van der Waals surface area contributed by atoms with E-state index in [9.17, 15) is 26.3 Å². The molecule has 4 rings (SSSR count). The van der Waals surface area contributed by atoms with Gasteiger partial charge in [-0.15, -0.1) is 0 Å². The van der Waals surface area contributed by atoms with Crippen LogP contribution in [0.5, 0.6) is 0 Å². The van der Waals surface area contributed by atoms with Gasteiger partial charge in [-0.1, -0.05) is 37.3 Å². The average molecular weight is 530 g/mol. The maximum absolute atomic E-state index is 13.4. The number of likely N-dealkylation sites (tertiary alicyclic amines) is 1. The van der Waals surface area contributed by atoms with E-state index < -0.39 is 35.7 Å². The molecular formula is C28H33F6NO2. The van der Waals surface area contributed by atoms with E-state index in [0.717, 1.165) is 43.8 Å². The predicted molar refractivity (Wildman–Crippen MR) is 128 cm³/mol. The molecule has 0 aromatic heterocycles. The van der Waals surface area contributed by atoms with Gasteiger partial charge < -0.3 is 14.4 Å². The Morgan fingerprint density at radius 3 is 2.22 bits per heavy atom. The lowest BCUT2D eigenvalue weighted by Crippen LogP contribution is -2.47. The zero-order valence-electron chi connectivity index (χ0n) is 21.0. The zero-order valence-corrected chi connectivity index (χ0v) is 21.0. The van der Waals surface area contributed by atoms with Gasteiger partial charge in [0.1, 0.15) is 0 Å². The molecule has 3 nitrogen and oxygen atoms in total. The lowest BCUT2D eigenvalue weighted by molar-refractivity contribution is -0.143. The van der Waals surface area contributed by atoms with Gasteiger partial charge in [0, 0.05) is 24.9 Å². The van der Waals surface area contributed by atoms with Gasteiger partial charge in [0.25, 0.3) is 0 Å². The molecule has 0 aliphatic carbocycles. The Hall–Kier alpha value is -2.10. The van der Waals surface area contributed by atoms with Crippen molar-refractivity contribution in [3.8, 4) is 0 Å². The standard InChI is InChI=1S/C28H33F6NO2/c1-18-7-6-10-35(14-18)15-22-16-36-17-25(26(22)20-8-4-3-5-9-20)37-19(2)21-11-23(27(29,30)31)13-24(12-21)28(32,33)34/h3-5,8-9,11-13,18-19,22,25-26H,6-7,10,14-17H2,1-2H3/t18-,19-,22-,25-,26-/m1/s1. The topological polar surface area (TPSA) is 21.7 Å². The average Bonchev–Trinajstić information content (AvgIpc) is 2.83. The fraction of sp³-hybridized carbons (Fsp3) is 0.571. The van der Waals surface area contributed by atoms with Crippen molar-refractivity contribution in [2.45, 2.75) is 57.2 Å². The summed E-state index contributed by atoms with van der Waals surface area (Å²) in [5.74, 6) is 0.567. The van der Waals surface area contributed by atoms with Gasteiger partial charge in [0.15, 0.2) is 0 Å². The summed E-state index contributed by atoms with van der Waals surface area (Å²) >= 11 is 0. The summed E-state index contributed by atoms with van der Waals surface area (Å²) in [6.07, 6.45) is -9.03. The molecule has 0 radical (unpaired) electrons. The Balaban J connectivity index is 1.61. The molecule has 0 saturated carbocycles. The van der Waals surface area contributed by atoms with Gasteiger partial charge in [0.2, 0.25) is 0 Å². The van der Waals surface area contributed by atoms with Crippen LogP contribution in [0.1, 0.15) is 61.0 Å². The quantitative estimate of drug-likeness (QED) is 0.366. The Kier molecular flexibility index (Phi) is 8.55. The van der Waals surface area contributed by atoms with E-state index in [-0.39, 0.29) is 30.1 Å². The highest BCUT2D eigenvalue weighted by molar-refractivity contribution is 5.35. The van der Waals surface area contributed by atoms with Crippen molar-refractivity contribution in [2.75, 3.05) is 32.8 Å². The fourth-order valence-corrected chi connectivity index (χ4v) is 5.64. The number of hydrogen-bond donors (Lipinski definition) is 0. The van der Waals surface area contributed by atoms with E-state index in [1.807, 2.05) is 30.3 Å². The monoisotopic (exact) mass is 529 g/mol. The molecule has 5 atom stereocenters. The summed E-state index contributed by atoms with van der Waals surface area (Å²) in [5, 5.41) is 0. The Bertz CT molecular complexity index is 993. The van der Waals surface area contributed by atoms with Crippen molar-refractivity contribution in [1.29, 1.82) is 0 Å². The highest BCUT2D eigenvalue weighted by Gasteiger charge is 2.40. The molecule has 2 aliphatic heterocycles. The number of piperidine rings is 1. The molecule has 0 bridgehead atoms. The van der Waals surface area contributed by atoms with Crippen LogP contribution in [0.15, 0.2) is 48.5 Å². The first-order valence-electron chi connectivity index (χ1n) is 12.7. The summed E-state index contributed by atoms with van der Waals surface area (Å²) in [6, 6.07) is 11.4. The summed E-state index contributed by atoms with van der Waals surface area (Å²) < 4.78 is 92.6. The zero-order chi connectivity index (χ0) is 26.8. The minimum absolute atomic E-state index is 0.0749. The van der Waals surface area contributed by atoms with Gasteiger partial charge in [0.05, 0.1) is 36.5 Å². The molecule has 0 N–H and O–H groups in total. The number of nitrogens with zero attached hydrogens (tertiary/aromatic N) is 1. The Morgan fingerprint density at radius 1 is 0.973 bits per heavy atom. The van der Waals surface area contributed by atoms with E-state index in [4.69, 9.17) is 9.47 Å². The van der Waals surface area contributed by atoms with Crippen molar-refractivity contribution in [3.05, 3.63) is 70.8 Å². The van der Waals surface area contributed by atoms with Crippen LogP contribution in [-0.2, 0) is 21.8 Å². The van der Waals surface area contributed by atoms with Crippen LogP contribution in [0.25, 0.3) is 0 Å². The molecule has 2 aromatic carbocycles. The maximum Gasteiger partial charge on any atom is 0.416 e. The SMILES string of the molecule is C[C@@H]1CCCN(C[C@@H]2COC[C@@H](O[C@H](C)c3cc(C(F)(F)F)cc(C(F)(F)F)c3)[C@@H]2c2ccccc2)C1. The first kappa shape index (κ1) is 27.9. The van der Waals surface area contributed by atoms with Gasteiger partial charge in [-0.2, -0.15) is 26.3 Å². The molecule has 2 saturated heterocycles. The third-order valence-corrected chi connectivity index (χ3v) is 7.40. The lowest BCUT2D eigenvalue weighted by Gasteiger charge is -2.42. The molecular weight excluding hydrogens is 496 g/mol. The second kappa shape index (κ2) is 11.3. The molecule has 0 spiro atoms. The maximum atomic E-state index is 13.4. The number of halogens is 6. The second-order valence-corrected chi connectivity index (χ2v) is 10.4. The van der Waals surface area contributed by atoms with Crippen molar-refractivity contribution in [2.24, 2.45) is 11.8 Å². The predicted octanol–water partition coefficient (Wildman–Crippen LogP) is 7.33. The first-order valence-corrected chi connectivity index (χ1v) is 12.7. The van der Waals surface area contributed by atoms with E-state index in [2.05, 4.69) is 11.8 Å². The number of rotatable bonds is 6. The largest absolute Gasteiger partial charge is 0.416 e. The molecule has 0 amide bonds. The molecule has 2 heterocycles. The van der Waals surface area contributed by atoms with Crippen LogP contribution in [-0.4, -0.2) is 43.9 Å². The molecule has 0 unspecified atom stereocenters. The number of ether oxygens (including phenoxy) is 2. The van der Waals surface area contributed by atoms with Crippen molar-refractivity contribution in [1.82, 2.24) is 4.90 Å². The highest BCUT2D eigenvalue weighted by Crippen LogP contribution is 2.40. The Morgan fingerprint density at radius 2 is 1.62 bits per heavy atom.